The summed E-state index contributed by atoms with van der Waals surface area (Å²) in [7, 11) is 1.72. The monoisotopic (exact) mass is 286 g/mol. The molecule has 4 bridgehead atoms. The van der Waals surface area contributed by atoms with Crippen molar-refractivity contribution < 1.29 is 4.74 Å². The van der Waals surface area contributed by atoms with Crippen molar-refractivity contribution in [3.63, 3.8) is 0 Å². The fourth-order valence-corrected chi connectivity index (χ4v) is 5.58. The maximum Gasteiger partial charge on any atom is 0.120 e. The quantitative estimate of drug-likeness (QED) is 0.893. The van der Waals surface area contributed by atoms with Crippen molar-refractivity contribution >= 4 is 5.69 Å². The molecule has 4 saturated carbocycles. The number of nitrogens with one attached hydrogen (secondary N) is 1. The summed E-state index contributed by atoms with van der Waals surface area (Å²) < 4.78 is 5.36. The highest BCUT2D eigenvalue weighted by atomic mass is 16.5. The molecule has 5 rings (SSSR count). The van der Waals surface area contributed by atoms with E-state index in [0.29, 0.717) is 0 Å². The van der Waals surface area contributed by atoms with Gasteiger partial charge in [-0.05, 0) is 67.9 Å². The molecule has 0 amide bonds. The average molecular weight is 286 g/mol. The van der Waals surface area contributed by atoms with Gasteiger partial charge >= 0.3 is 0 Å². The summed E-state index contributed by atoms with van der Waals surface area (Å²) >= 11 is 0. The molecule has 4 aliphatic carbocycles. The normalized spacial score (nSPS) is 40.3. The number of nitrogens with two attached hydrogens (primary N) is 1. The highest BCUT2D eigenvalue weighted by Gasteiger charge is 2.56. The molecule has 21 heavy (non-hydrogen) atoms. The van der Waals surface area contributed by atoms with Gasteiger partial charge in [0.25, 0.3) is 0 Å². The van der Waals surface area contributed by atoms with Crippen molar-refractivity contribution in [2.24, 2.45) is 29.4 Å². The molecule has 0 aliphatic heterocycles. The van der Waals surface area contributed by atoms with Gasteiger partial charge in [-0.1, -0.05) is 6.07 Å². The van der Waals surface area contributed by atoms with Crippen molar-refractivity contribution in [2.75, 3.05) is 19.0 Å². The zero-order chi connectivity index (χ0) is 14.4. The lowest BCUT2D eigenvalue weighted by Gasteiger charge is -2.61. The van der Waals surface area contributed by atoms with E-state index < -0.39 is 0 Å². The molecule has 0 aromatic heterocycles. The molecule has 3 nitrogen and oxygen atoms in total. The van der Waals surface area contributed by atoms with Crippen LogP contribution in [0.15, 0.2) is 24.3 Å². The van der Waals surface area contributed by atoms with Crippen LogP contribution in [-0.2, 0) is 0 Å². The second-order valence-corrected chi connectivity index (χ2v) is 7.41. The summed E-state index contributed by atoms with van der Waals surface area (Å²) in [4.78, 5) is 0. The van der Waals surface area contributed by atoms with Crippen LogP contribution >= 0.6 is 0 Å². The van der Waals surface area contributed by atoms with E-state index in [-0.39, 0.29) is 5.54 Å². The predicted octanol–water partition coefficient (Wildman–Crippen LogP) is 3.26. The van der Waals surface area contributed by atoms with Crippen LogP contribution in [0.5, 0.6) is 5.75 Å². The second kappa shape index (κ2) is 4.91. The van der Waals surface area contributed by atoms with Gasteiger partial charge in [0.15, 0.2) is 0 Å². The Kier molecular flexibility index (Phi) is 3.14. The van der Waals surface area contributed by atoms with E-state index in [1.807, 2.05) is 6.07 Å². The standard InChI is InChI=1S/C18H26N2O/c1-21-17-4-2-3-16(10-17)20-18(11-19)14-6-12-5-13(8-14)9-15(18)7-12/h2-4,10,12-15,20H,5-9,11,19H2,1H3. The highest BCUT2D eigenvalue weighted by Crippen LogP contribution is 2.58. The largest absolute Gasteiger partial charge is 0.497 e. The number of methoxy groups -OCH3 is 1. The molecule has 4 aliphatic rings. The summed E-state index contributed by atoms with van der Waals surface area (Å²) in [5.41, 5.74) is 7.58. The number of benzene rings is 1. The van der Waals surface area contributed by atoms with E-state index in [1.54, 1.807) is 7.11 Å². The van der Waals surface area contributed by atoms with Gasteiger partial charge in [-0.25, -0.2) is 0 Å². The lowest BCUT2D eigenvalue weighted by atomic mass is 9.48. The van der Waals surface area contributed by atoms with Crippen LogP contribution in [-0.4, -0.2) is 19.2 Å². The molecule has 0 atom stereocenters. The first-order valence-corrected chi connectivity index (χ1v) is 8.36. The van der Waals surface area contributed by atoms with Gasteiger partial charge < -0.3 is 15.8 Å². The van der Waals surface area contributed by atoms with Crippen molar-refractivity contribution in [1.82, 2.24) is 0 Å². The molecular formula is C18H26N2O. The van der Waals surface area contributed by atoms with Gasteiger partial charge in [0.2, 0.25) is 0 Å². The number of hydrogen-bond donors (Lipinski definition) is 2. The SMILES string of the molecule is COc1cccc(NC2(CN)C3CC4CC(C3)CC2C4)c1. The first-order chi connectivity index (χ1) is 10.2. The summed E-state index contributed by atoms with van der Waals surface area (Å²) in [6.07, 6.45) is 6.98. The Bertz CT molecular complexity index is 500. The van der Waals surface area contributed by atoms with Crippen molar-refractivity contribution in [2.45, 2.75) is 37.6 Å². The molecule has 1 aromatic carbocycles. The average Bonchev–Trinajstić information content (AvgIpc) is 2.50. The van der Waals surface area contributed by atoms with Crippen LogP contribution in [0.4, 0.5) is 5.69 Å². The minimum Gasteiger partial charge on any atom is -0.497 e. The third-order valence-electron chi connectivity index (χ3n) is 6.38. The molecule has 3 heteroatoms. The maximum absolute atomic E-state index is 6.31. The van der Waals surface area contributed by atoms with Gasteiger partial charge in [0.1, 0.15) is 5.75 Å². The minimum atomic E-state index is 0.111. The number of anilines is 1. The summed E-state index contributed by atoms with van der Waals surface area (Å²) in [6.45, 7) is 0.749. The highest BCUT2D eigenvalue weighted by molar-refractivity contribution is 5.51. The molecule has 0 radical (unpaired) electrons. The molecule has 0 unspecified atom stereocenters. The van der Waals surface area contributed by atoms with Gasteiger partial charge in [-0.15, -0.1) is 0 Å². The topological polar surface area (TPSA) is 47.3 Å². The Labute approximate surface area is 127 Å². The minimum absolute atomic E-state index is 0.111. The van der Waals surface area contributed by atoms with Crippen molar-refractivity contribution in [3.05, 3.63) is 24.3 Å². The fourth-order valence-electron chi connectivity index (χ4n) is 5.58. The van der Waals surface area contributed by atoms with Crippen LogP contribution in [0.25, 0.3) is 0 Å². The zero-order valence-corrected chi connectivity index (χ0v) is 12.8. The third-order valence-corrected chi connectivity index (χ3v) is 6.38. The number of hydrogen-bond acceptors (Lipinski definition) is 3. The third kappa shape index (κ3) is 2.05. The van der Waals surface area contributed by atoms with E-state index in [4.69, 9.17) is 10.5 Å². The Balaban J connectivity index is 1.64. The first-order valence-electron chi connectivity index (χ1n) is 8.36. The van der Waals surface area contributed by atoms with E-state index in [2.05, 4.69) is 23.5 Å². The Morgan fingerprint density at radius 3 is 2.38 bits per heavy atom. The van der Waals surface area contributed by atoms with Crippen LogP contribution in [0.1, 0.15) is 32.1 Å². The predicted molar refractivity (Wildman–Crippen MR) is 85.4 cm³/mol. The molecule has 114 valence electrons. The van der Waals surface area contributed by atoms with Crippen molar-refractivity contribution in [1.29, 1.82) is 0 Å². The van der Waals surface area contributed by atoms with E-state index in [0.717, 1.165) is 41.7 Å². The number of ether oxygens (including phenoxy) is 1. The molecule has 3 N–H and O–H groups in total. The maximum atomic E-state index is 6.31. The van der Waals surface area contributed by atoms with Crippen LogP contribution < -0.4 is 15.8 Å². The van der Waals surface area contributed by atoms with E-state index in [9.17, 15) is 0 Å². The van der Waals surface area contributed by atoms with E-state index >= 15 is 0 Å². The molecule has 0 spiro atoms. The Hall–Kier alpha value is -1.22. The van der Waals surface area contributed by atoms with Gasteiger partial charge in [-0.3, -0.25) is 0 Å². The summed E-state index contributed by atoms with van der Waals surface area (Å²) in [5.74, 6) is 4.37. The van der Waals surface area contributed by atoms with Crippen LogP contribution in [0.3, 0.4) is 0 Å². The van der Waals surface area contributed by atoms with Crippen LogP contribution in [0, 0.1) is 23.7 Å². The fraction of sp³-hybridized carbons (Fsp3) is 0.667. The lowest BCUT2D eigenvalue weighted by Crippen LogP contribution is -2.65. The van der Waals surface area contributed by atoms with E-state index in [1.165, 1.54) is 32.1 Å². The Morgan fingerprint density at radius 2 is 1.81 bits per heavy atom. The molecule has 1 aromatic rings. The Morgan fingerprint density at radius 1 is 1.14 bits per heavy atom. The van der Waals surface area contributed by atoms with Crippen molar-refractivity contribution in [3.8, 4) is 5.75 Å². The molecule has 4 fully saturated rings. The molecule has 0 heterocycles. The molecule has 0 saturated heterocycles. The van der Waals surface area contributed by atoms with Crippen LogP contribution in [0.2, 0.25) is 0 Å². The van der Waals surface area contributed by atoms with Gasteiger partial charge in [0, 0.05) is 18.3 Å². The summed E-state index contributed by atoms with van der Waals surface area (Å²) in [6, 6.07) is 8.30. The number of rotatable bonds is 4. The lowest BCUT2D eigenvalue weighted by molar-refractivity contribution is -0.0405. The van der Waals surface area contributed by atoms with Gasteiger partial charge in [0.05, 0.1) is 12.6 Å². The van der Waals surface area contributed by atoms with Gasteiger partial charge in [-0.2, -0.15) is 0 Å². The molecular weight excluding hydrogens is 260 g/mol. The zero-order valence-electron chi connectivity index (χ0n) is 12.8. The second-order valence-electron chi connectivity index (χ2n) is 7.41. The first kappa shape index (κ1) is 13.4. The summed E-state index contributed by atoms with van der Waals surface area (Å²) in [5, 5.41) is 3.86. The smallest absolute Gasteiger partial charge is 0.120 e.